The SMILES string of the molecule is CCNC(=NCCc1ccc(-n2cccn2)cc1)NC1CC1.I. The number of hydrogen-bond donors (Lipinski definition) is 2. The van der Waals surface area contributed by atoms with Gasteiger partial charge < -0.3 is 10.6 Å². The van der Waals surface area contributed by atoms with Gasteiger partial charge in [-0.15, -0.1) is 24.0 Å². The number of hydrogen-bond acceptors (Lipinski definition) is 2. The lowest BCUT2D eigenvalue weighted by atomic mass is 10.1. The lowest BCUT2D eigenvalue weighted by Gasteiger charge is -2.10. The lowest BCUT2D eigenvalue weighted by Crippen LogP contribution is -2.38. The first-order valence-electron chi connectivity index (χ1n) is 7.99. The van der Waals surface area contributed by atoms with Crippen LogP contribution in [0.1, 0.15) is 25.3 Å². The minimum atomic E-state index is 0. The average molecular weight is 425 g/mol. The first-order chi connectivity index (χ1) is 10.8. The van der Waals surface area contributed by atoms with Crippen molar-refractivity contribution >= 4 is 29.9 Å². The monoisotopic (exact) mass is 425 g/mol. The van der Waals surface area contributed by atoms with E-state index in [2.05, 4.69) is 51.9 Å². The van der Waals surface area contributed by atoms with E-state index in [1.54, 1.807) is 6.20 Å². The summed E-state index contributed by atoms with van der Waals surface area (Å²) in [6.45, 7) is 3.79. The van der Waals surface area contributed by atoms with Crippen LogP contribution in [-0.4, -0.2) is 34.9 Å². The fourth-order valence-electron chi connectivity index (χ4n) is 2.27. The van der Waals surface area contributed by atoms with E-state index < -0.39 is 0 Å². The highest BCUT2D eigenvalue weighted by Crippen LogP contribution is 2.18. The number of aromatic nitrogens is 2. The minimum absolute atomic E-state index is 0. The molecule has 0 aliphatic heterocycles. The van der Waals surface area contributed by atoms with Crippen molar-refractivity contribution in [1.82, 2.24) is 20.4 Å². The Labute approximate surface area is 154 Å². The third kappa shape index (κ3) is 5.53. The quantitative estimate of drug-likeness (QED) is 0.425. The maximum absolute atomic E-state index is 4.64. The topological polar surface area (TPSA) is 54.2 Å². The summed E-state index contributed by atoms with van der Waals surface area (Å²) in [7, 11) is 0. The molecular formula is C17H24IN5. The third-order valence-corrected chi connectivity index (χ3v) is 3.64. The summed E-state index contributed by atoms with van der Waals surface area (Å²) in [5.74, 6) is 0.943. The highest BCUT2D eigenvalue weighted by Gasteiger charge is 2.21. The second-order valence-corrected chi connectivity index (χ2v) is 5.55. The van der Waals surface area contributed by atoms with Crippen molar-refractivity contribution in [3.05, 3.63) is 48.3 Å². The fourth-order valence-corrected chi connectivity index (χ4v) is 2.27. The van der Waals surface area contributed by atoms with E-state index in [1.807, 2.05) is 16.9 Å². The summed E-state index contributed by atoms with van der Waals surface area (Å²) in [4.78, 5) is 4.64. The van der Waals surface area contributed by atoms with E-state index in [0.717, 1.165) is 31.2 Å². The fraction of sp³-hybridized carbons (Fsp3) is 0.412. The Bertz CT molecular complexity index is 602. The molecule has 1 aliphatic rings. The van der Waals surface area contributed by atoms with Gasteiger partial charge in [-0.05, 0) is 49.9 Å². The maximum atomic E-state index is 4.64. The second-order valence-electron chi connectivity index (χ2n) is 5.55. The summed E-state index contributed by atoms with van der Waals surface area (Å²) in [6, 6.07) is 11.0. The molecular weight excluding hydrogens is 401 g/mol. The number of halogens is 1. The number of nitrogens with zero attached hydrogens (tertiary/aromatic N) is 3. The number of aliphatic imine (C=N–C) groups is 1. The zero-order valence-corrected chi connectivity index (χ0v) is 15.7. The highest BCUT2D eigenvalue weighted by atomic mass is 127. The first kappa shape index (κ1) is 17.8. The van der Waals surface area contributed by atoms with Crippen molar-refractivity contribution in [3.8, 4) is 5.69 Å². The third-order valence-electron chi connectivity index (χ3n) is 3.64. The van der Waals surface area contributed by atoms with Gasteiger partial charge >= 0.3 is 0 Å². The van der Waals surface area contributed by atoms with Gasteiger partial charge in [0.25, 0.3) is 0 Å². The van der Waals surface area contributed by atoms with Crippen LogP contribution >= 0.6 is 24.0 Å². The predicted octanol–water partition coefficient (Wildman–Crippen LogP) is 2.75. The van der Waals surface area contributed by atoms with E-state index in [4.69, 9.17) is 0 Å². The molecule has 124 valence electrons. The van der Waals surface area contributed by atoms with Crippen molar-refractivity contribution in [2.75, 3.05) is 13.1 Å². The summed E-state index contributed by atoms with van der Waals surface area (Å²) in [5.41, 5.74) is 2.38. The van der Waals surface area contributed by atoms with Crippen molar-refractivity contribution in [2.24, 2.45) is 4.99 Å². The number of rotatable bonds is 6. The molecule has 1 aromatic heterocycles. The van der Waals surface area contributed by atoms with Crippen LogP contribution in [0.3, 0.4) is 0 Å². The molecule has 0 amide bonds. The van der Waals surface area contributed by atoms with E-state index in [1.165, 1.54) is 18.4 Å². The molecule has 0 saturated heterocycles. The molecule has 1 heterocycles. The Balaban J connectivity index is 0.00000192. The van der Waals surface area contributed by atoms with Gasteiger partial charge in [0, 0.05) is 31.5 Å². The van der Waals surface area contributed by atoms with Gasteiger partial charge in [-0.1, -0.05) is 12.1 Å². The summed E-state index contributed by atoms with van der Waals surface area (Å²) >= 11 is 0. The van der Waals surface area contributed by atoms with Crippen LogP contribution in [0.25, 0.3) is 5.69 Å². The molecule has 0 bridgehead atoms. The van der Waals surface area contributed by atoms with Crippen LogP contribution in [0.15, 0.2) is 47.7 Å². The molecule has 0 atom stereocenters. The second kappa shape index (κ2) is 8.90. The normalized spacial score (nSPS) is 14.2. The van der Waals surface area contributed by atoms with Crippen molar-refractivity contribution in [2.45, 2.75) is 32.2 Å². The molecule has 5 nitrogen and oxygen atoms in total. The van der Waals surface area contributed by atoms with Crippen LogP contribution < -0.4 is 10.6 Å². The molecule has 0 radical (unpaired) electrons. The molecule has 2 N–H and O–H groups in total. The minimum Gasteiger partial charge on any atom is -0.357 e. The zero-order valence-electron chi connectivity index (χ0n) is 13.4. The Kier molecular flexibility index (Phi) is 6.88. The molecule has 0 spiro atoms. The Morgan fingerprint density at radius 3 is 2.70 bits per heavy atom. The zero-order chi connectivity index (χ0) is 15.2. The van der Waals surface area contributed by atoms with Crippen LogP contribution in [-0.2, 0) is 6.42 Å². The smallest absolute Gasteiger partial charge is 0.191 e. The molecule has 1 fully saturated rings. The van der Waals surface area contributed by atoms with E-state index >= 15 is 0 Å². The first-order valence-corrected chi connectivity index (χ1v) is 7.99. The Morgan fingerprint density at radius 1 is 1.30 bits per heavy atom. The van der Waals surface area contributed by atoms with Gasteiger partial charge in [0.2, 0.25) is 0 Å². The number of guanidine groups is 1. The van der Waals surface area contributed by atoms with Crippen LogP contribution in [0.2, 0.25) is 0 Å². The number of nitrogens with one attached hydrogen (secondary N) is 2. The van der Waals surface area contributed by atoms with Crippen LogP contribution in [0.4, 0.5) is 0 Å². The molecule has 3 rings (SSSR count). The van der Waals surface area contributed by atoms with Crippen LogP contribution in [0.5, 0.6) is 0 Å². The molecule has 0 unspecified atom stereocenters. The molecule has 2 aromatic rings. The van der Waals surface area contributed by atoms with E-state index in [9.17, 15) is 0 Å². The predicted molar refractivity (Wildman–Crippen MR) is 105 cm³/mol. The lowest BCUT2D eigenvalue weighted by molar-refractivity contribution is 0.808. The largest absolute Gasteiger partial charge is 0.357 e. The van der Waals surface area contributed by atoms with Gasteiger partial charge in [0.1, 0.15) is 0 Å². The summed E-state index contributed by atoms with van der Waals surface area (Å²) in [6.07, 6.45) is 7.21. The Hall–Kier alpha value is -1.57. The van der Waals surface area contributed by atoms with Crippen molar-refractivity contribution in [1.29, 1.82) is 0 Å². The molecule has 1 saturated carbocycles. The van der Waals surface area contributed by atoms with Gasteiger partial charge in [0.05, 0.1) is 5.69 Å². The van der Waals surface area contributed by atoms with Gasteiger partial charge in [-0.25, -0.2) is 4.68 Å². The van der Waals surface area contributed by atoms with E-state index in [-0.39, 0.29) is 24.0 Å². The van der Waals surface area contributed by atoms with Crippen molar-refractivity contribution < 1.29 is 0 Å². The van der Waals surface area contributed by atoms with Gasteiger partial charge in [-0.3, -0.25) is 4.99 Å². The molecule has 1 aliphatic carbocycles. The van der Waals surface area contributed by atoms with Crippen LogP contribution in [0, 0.1) is 0 Å². The summed E-state index contributed by atoms with van der Waals surface area (Å²) < 4.78 is 1.87. The maximum Gasteiger partial charge on any atom is 0.191 e. The highest BCUT2D eigenvalue weighted by molar-refractivity contribution is 14.0. The number of benzene rings is 1. The molecule has 1 aromatic carbocycles. The molecule has 6 heteroatoms. The Morgan fingerprint density at radius 2 is 2.09 bits per heavy atom. The van der Waals surface area contributed by atoms with Crippen molar-refractivity contribution in [3.63, 3.8) is 0 Å². The average Bonchev–Trinajstić information content (AvgIpc) is 3.18. The van der Waals surface area contributed by atoms with Gasteiger partial charge in [-0.2, -0.15) is 5.10 Å². The van der Waals surface area contributed by atoms with Gasteiger partial charge in [0.15, 0.2) is 5.96 Å². The summed E-state index contributed by atoms with van der Waals surface area (Å²) in [5, 5.41) is 11.0. The standard InChI is InChI=1S/C17H23N5.HI/c1-2-18-17(21-15-6-7-15)19-12-10-14-4-8-16(9-5-14)22-13-3-11-20-22;/h3-5,8-9,11,13,15H,2,6-7,10,12H2,1H3,(H2,18,19,21);1H. The molecule has 23 heavy (non-hydrogen) atoms. The van der Waals surface area contributed by atoms with E-state index in [0.29, 0.717) is 6.04 Å².